The lowest BCUT2D eigenvalue weighted by Gasteiger charge is -2.17. The minimum absolute atomic E-state index is 0.623. The van der Waals surface area contributed by atoms with E-state index in [0.717, 1.165) is 13.0 Å². The van der Waals surface area contributed by atoms with Crippen LogP contribution >= 0.6 is 0 Å². The maximum absolute atomic E-state index is 4.10. The van der Waals surface area contributed by atoms with Gasteiger partial charge in [-0.15, -0.1) is 0 Å². The van der Waals surface area contributed by atoms with Crippen LogP contribution < -0.4 is 5.32 Å². The number of rotatable bonds is 13. The summed E-state index contributed by atoms with van der Waals surface area (Å²) in [4.78, 5) is 4.10. The van der Waals surface area contributed by atoms with Crippen molar-refractivity contribution in [2.24, 2.45) is 0 Å². The maximum atomic E-state index is 4.10. The third-order valence-electron chi connectivity index (χ3n) is 4.13. The van der Waals surface area contributed by atoms with Crippen molar-refractivity contribution in [3.8, 4) is 0 Å². The predicted molar refractivity (Wildman–Crippen MR) is 92.6 cm³/mol. The van der Waals surface area contributed by atoms with Crippen molar-refractivity contribution in [1.29, 1.82) is 0 Å². The Hall–Kier alpha value is -0.890. The van der Waals surface area contributed by atoms with E-state index in [4.69, 9.17) is 0 Å². The highest BCUT2D eigenvalue weighted by Crippen LogP contribution is 2.12. The summed E-state index contributed by atoms with van der Waals surface area (Å²) in [6.45, 7) is 5.55. The van der Waals surface area contributed by atoms with Gasteiger partial charge in [0.2, 0.25) is 0 Å². The molecule has 1 heterocycles. The molecule has 1 aromatic rings. The molecule has 120 valence electrons. The molecule has 1 atom stereocenters. The van der Waals surface area contributed by atoms with Gasteiger partial charge in [-0.1, -0.05) is 65.2 Å². The first-order valence-corrected chi connectivity index (χ1v) is 8.99. The van der Waals surface area contributed by atoms with Gasteiger partial charge in [0.15, 0.2) is 0 Å². The van der Waals surface area contributed by atoms with Crippen LogP contribution in [0.15, 0.2) is 24.5 Å². The monoisotopic (exact) mass is 290 g/mol. The molecule has 0 amide bonds. The Morgan fingerprint density at radius 1 is 0.905 bits per heavy atom. The van der Waals surface area contributed by atoms with E-state index in [9.17, 15) is 0 Å². The van der Waals surface area contributed by atoms with E-state index in [0.29, 0.717) is 6.04 Å². The molecule has 0 bridgehead atoms. The summed E-state index contributed by atoms with van der Waals surface area (Å²) in [5, 5.41) is 3.63. The number of hydrogen-bond donors (Lipinski definition) is 1. The van der Waals surface area contributed by atoms with Crippen LogP contribution in [0.5, 0.6) is 0 Å². The van der Waals surface area contributed by atoms with Crippen LogP contribution in [-0.4, -0.2) is 17.6 Å². The molecule has 0 saturated carbocycles. The van der Waals surface area contributed by atoms with E-state index in [2.05, 4.69) is 36.3 Å². The molecule has 1 N–H and O–H groups in total. The summed E-state index contributed by atoms with van der Waals surface area (Å²) in [6.07, 6.45) is 17.4. The Bertz CT molecular complexity index is 324. The van der Waals surface area contributed by atoms with Crippen LogP contribution in [0.25, 0.3) is 0 Å². The third kappa shape index (κ3) is 9.62. The second-order valence-electron chi connectivity index (χ2n) is 6.08. The van der Waals surface area contributed by atoms with Gasteiger partial charge in [0.05, 0.1) is 0 Å². The zero-order chi connectivity index (χ0) is 15.2. The quantitative estimate of drug-likeness (QED) is 0.509. The summed E-state index contributed by atoms with van der Waals surface area (Å²) < 4.78 is 0. The number of pyridine rings is 1. The third-order valence-corrected chi connectivity index (χ3v) is 4.13. The lowest BCUT2D eigenvalue weighted by atomic mass is 10.00. The predicted octanol–water partition coefficient (Wildman–Crippen LogP) is 5.13. The van der Waals surface area contributed by atoms with Gasteiger partial charge in [0.25, 0.3) is 0 Å². The van der Waals surface area contributed by atoms with Crippen molar-refractivity contribution in [3.63, 3.8) is 0 Å². The fraction of sp³-hybridized carbons (Fsp3) is 0.737. The summed E-state index contributed by atoms with van der Waals surface area (Å²) in [7, 11) is 0. The smallest absolute Gasteiger partial charge is 0.0270 e. The van der Waals surface area contributed by atoms with Gasteiger partial charge in [0.1, 0.15) is 0 Å². The SMILES string of the molecule is CCCCCCCCCCC(Cc1ccncc1)NCC. The van der Waals surface area contributed by atoms with Crippen molar-refractivity contribution in [1.82, 2.24) is 10.3 Å². The normalized spacial score (nSPS) is 12.5. The van der Waals surface area contributed by atoms with E-state index in [-0.39, 0.29) is 0 Å². The average molecular weight is 290 g/mol. The molecule has 0 radical (unpaired) electrons. The van der Waals surface area contributed by atoms with E-state index >= 15 is 0 Å². The Balaban J connectivity index is 2.11. The van der Waals surface area contributed by atoms with Gasteiger partial charge in [-0.25, -0.2) is 0 Å². The topological polar surface area (TPSA) is 24.9 Å². The van der Waals surface area contributed by atoms with Crippen molar-refractivity contribution < 1.29 is 0 Å². The minimum Gasteiger partial charge on any atom is -0.314 e. The second kappa shape index (κ2) is 12.8. The molecule has 2 heteroatoms. The molecule has 1 unspecified atom stereocenters. The number of nitrogens with zero attached hydrogens (tertiary/aromatic N) is 1. The molecule has 0 spiro atoms. The second-order valence-corrected chi connectivity index (χ2v) is 6.08. The number of nitrogens with one attached hydrogen (secondary N) is 1. The zero-order valence-electron chi connectivity index (χ0n) is 14.1. The van der Waals surface area contributed by atoms with Crippen LogP contribution in [-0.2, 0) is 6.42 Å². The lowest BCUT2D eigenvalue weighted by Crippen LogP contribution is -2.30. The molecular weight excluding hydrogens is 256 g/mol. The molecule has 1 rings (SSSR count). The van der Waals surface area contributed by atoms with E-state index in [1.54, 1.807) is 0 Å². The van der Waals surface area contributed by atoms with Gasteiger partial charge in [0, 0.05) is 18.4 Å². The summed E-state index contributed by atoms with van der Waals surface area (Å²) >= 11 is 0. The Labute approximate surface area is 131 Å². The summed E-state index contributed by atoms with van der Waals surface area (Å²) in [5.41, 5.74) is 1.40. The minimum atomic E-state index is 0.623. The van der Waals surface area contributed by atoms with Crippen molar-refractivity contribution in [3.05, 3.63) is 30.1 Å². The number of unbranched alkanes of at least 4 members (excludes halogenated alkanes) is 7. The molecule has 2 nitrogen and oxygen atoms in total. The highest BCUT2D eigenvalue weighted by Gasteiger charge is 2.07. The van der Waals surface area contributed by atoms with Gasteiger partial charge in [-0.3, -0.25) is 4.98 Å². The van der Waals surface area contributed by atoms with E-state index < -0.39 is 0 Å². The van der Waals surface area contributed by atoms with Crippen molar-refractivity contribution in [2.45, 2.75) is 84.1 Å². The van der Waals surface area contributed by atoms with Gasteiger partial charge in [-0.05, 0) is 37.1 Å². The highest BCUT2D eigenvalue weighted by molar-refractivity contribution is 5.11. The standard InChI is InChI=1S/C19H34N2/c1-3-5-6-7-8-9-10-11-12-19(21-4-2)17-18-13-15-20-16-14-18/h13-16,19,21H,3-12,17H2,1-2H3. The Morgan fingerprint density at radius 3 is 2.14 bits per heavy atom. The first-order valence-electron chi connectivity index (χ1n) is 8.99. The summed E-state index contributed by atoms with van der Waals surface area (Å²) in [6, 6.07) is 4.90. The molecule has 0 aliphatic carbocycles. The molecule has 0 aliphatic rings. The van der Waals surface area contributed by atoms with Crippen LogP contribution in [0.2, 0.25) is 0 Å². The van der Waals surface area contributed by atoms with Crippen LogP contribution in [0.3, 0.4) is 0 Å². The van der Waals surface area contributed by atoms with Crippen LogP contribution in [0.1, 0.15) is 77.2 Å². The molecule has 0 fully saturated rings. The van der Waals surface area contributed by atoms with Gasteiger partial charge in [-0.2, -0.15) is 0 Å². The lowest BCUT2D eigenvalue weighted by molar-refractivity contribution is 0.458. The van der Waals surface area contributed by atoms with Crippen LogP contribution in [0, 0.1) is 0 Å². The molecule has 1 aromatic heterocycles. The Morgan fingerprint density at radius 2 is 1.52 bits per heavy atom. The van der Waals surface area contributed by atoms with Crippen LogP contribution in [0.4, 0.5) is 0 Å². The Kier molecular flexibility index (Phi) is 11.1. The molecule has 0 aromatic carbocycles. The molecule has 0 saturated heterocycles. The molecule has 21 heavy (non-hydrogen) atoms. The number of likely N-dealkylation sites (N-methyl/N-ethyl adjacent to an activating group) is 1. The fourth-order valence-corrected chi connectivity index (χ4v) is 2.89. The molecular formula is C19H34N2. The first-order chi connectivity index (χ1) is 10.4. The fourth-order valence-electron chi connectivity index (χ4n) is 2.89. The maximum Gasteiger partial charge on any atom is 0.0270 e. The van der Waals surface area contributed by atoms with Gasteiger partial charge >= 0.3 is 0 Å². The van der Waals surface area contributed by atoms with E-state index in [1.165, 1.54) is 63.4 Å². The number of aromatic nitrogens is 1. The van der Waals surface area contributed by atoms with E-state index in [1.807, 2.05) is 12.4 Å². The average Bonchev–Trinajstić information content (AvgIpc) is 2.51. The largest absolute Gasteiger partial charge is 0.314 e. The highest BCUT2D eigenvalue weighted by atomic mass is 14.9. The van der Waals surface area contributed by atoms with Gasteiger partial charge < -0.3 is 5.32 Å². The van der Waals surface area contributed by atoms with Crippen molar-refractivity contribution >= 4 is 0 Å². The van der Waals surface area contributed by atoms with Crippen molar-refractivity contribution in [2.75, 3.05) is 6.54 Å². The number of hydrogen-bond acceptors (Lipinski definition) is 2. The zero-order valence-corrected chi connectivity index (χ0v) is 14.1. The summed E-state index contributed by atoms with van der Waals surface area (Å²) in [5.74, 6) is 0. The molecule has 0 aliphatic heterocycles. The first kappa shape index (κ1) is 18.2.